The number of aromatic nitrogens is 4. The molecule has 9 rings (SSSR count). The molecule has 0 aliphatic carbocycles. The van der Waals surface area contributed by atoms with Gasteiger partial charge in [0.2, 0.25) is 0 Å². The number of hydrogen-bond donors (Lipinski definition) is 0. The van der Waals surface area contributed by atoms with Gasteiger partial charge in [0.05, 0.1) is 22.1 Å². The second-order valence-electron chi connectivity index (χ2n) is 11.5. The predicted molar refractivity (Wildman–Crippen MR) is 189 cm³/mol. The van der Waals surface area contributed by atoms with Crippen LogP contribution in [0.2, 0.25) is 0 Å². The molecule has 0 saturated carbocycles. The zero-order valence-corrected chi connectivity index (χ0v) is 24.8. The summed E-state index contributed by atoms with van der Waals surface area (Å²) < 4.78 is 0. The number of nitrogens with zero attached hydrogens (tertiary/aromatic N) is 4. The molecule has 0 saturated heterocycles. The van der Waals surface area contributed by atoms with Crippen LogP contribution in [0.1, 0.15) is 0 Å². The minimum absolute atomic E-state index is 0.902. The molecule has 0 amide bonds. The van der Waals surface area contributed by atoms with E-state index in [9.17, 15) is 0 Å². The molecule has 0 unspecified atom stereocenters. The van der Waals surface area contributed by atoms with Crippen molar-refractivity contribution in [2.45, 2.75) is 0 Å². The molecule has 4 heterocycles. The zero-order valence-electron chi connectivity index (χ0n) is 24.8. The van der Waals surface area contributed by atoms with Crippen molar-refractivity contribution in [2.75, 3.05) is 0 Å². The summed E-state index contributed by atoms with van der Waals surface area (Å²) in [4.78, 5) is 19.3. The lowest BCUT2D eigenvalue weighted by Gasteiger charge is -2.13. The smallest absolute Gasteiger partial charge is 0.0970 e. The van der Waals surface area contributed by atoms with Crippen LogP contribution in [0.15, 0.2) is 158 Å². The van der Waals surface area contributed by atoms with Crippen LogP contribution in [0, 0.1) is 0 Å². The van der Waals surface area contributed by atoms with Crippen molar-refractivity contribution in [1.29, 1.82) is 0 Å². The summed E-state index contributed by atoms with van der Waals surface area (Å²) in [6.45, 7) is 0. The Bertz CT molecular complexity index is 2400. The minimum Gasteiger partial charge on any atom is -0.254 e. The summed E-state index contributed by atoms with van der Waals surface area (Å²) in [5.41, 5.74) is 12.8. The highest BCUT2D eigenvalue weighted by atomic mass is 14.7. The van der Waals surface area contributed by atoms with E-state index < -0.39 is 0 Å². The summed E-state index contributed by atoms with van der Waals surface area (Å²) in [5.74, 6) is 0. The van der Waals surface area contributed by atoms with E-state index >= 15 is 0 Å². The van der Waals surface area contributed by atoms with Gasteiger partial charge in [0, 0.05) is 46.3 Å². The first-order valence-electron chi connectivity index (χ1n) is 15.4. The fourth-order valence-corrected chi connectivity index (χ4v) is 6.75. The molecule has 0 spiro atoms. The molecule has 0 fully saturated rings. The Kier molecular flexibility index (Phi) is 6.10. The highest BCUT2D eigenvalue weighted by molar-refractivity contribution is 6.13. The molecule has 0 bridgehead atoms. The van der Waals surface area contributed by atoms with Gasteiger partial charge in [-0.25, -0.2) is 0 Å². The summed E-state index contributed by atoms with van der Waals surface area (Å²) >= 11 is 0. The molecular formula is C42H26N4. The summed E-state index contributed by atoms with van der Waals surface area (Å²) in [7, 11) is 0. The fraction of sp³-hybridized carbons (Fsp3) is 0. The number of benzene rings is 5. The lowest BCUT2D eigenvalue weighted by Crippen LogP contribution is -1.92. The van der Waals surface area contributed by atoms with Crippen LogP contribution in [-0.4, -0.2) is 19.9 Å². The molecule has 4 heteroatoms. The van der Waals surface area contributed by atoms with E-state index in [0.717, 1.165) is 77.0 Å². The van der Waals surface area contributed by atoms with E-state index in [0.29, 0.717) is 0 Å². The second-order valence-corrected chi connectivity index (χ2v) is 11.5. The highest BCUT2D eigenvalue weighted by Crippen LogP contribution is 2.38. The lowest BCUT2D eigenvalue weighted by atomic mass is 9.93. The number of hydrogen-bond acceptors (Lipinski definition) is 4. The van der Waals surface area contributed by atoms with Gasteiger partial charge in [0.15, 0.2) is 0 Å². The first kappa shape index (κ1) is 26.2. The van der Waals surface area contributed by atoms with Crippen molar-refractivity contribution in [3.63, 3.8) is 0 Å². The van der Waals surface area contributed by atoms with E-state index in [1.54, 1.807) is 0 Å². The van der Waals surface area contributed by atoms with Crippen LogP contribution in [0.25, 0.3) is 88.1 Å². The molecule has 9 aromatic rings. The highest BCUT2D eigenvalue weighted by Gasteiger charge is 2.15. The van der Waals surface area contributed by atoms with Gasteiger partial charge in [0.1, 0.15) is 0 Å². The Labute approximate surface area is 265 Å². The Morgan fingerprint density at radius 3 is 0.913 bits per heavy atom. The molecule has 5 aromatic carbocycles. The van der Waals surface area contributed by atoms with E-state index in [1.807, 2.05) is 36.9 Å². The Morgan fingerprint density at radius 1 is 0.261 bits per heavy atom. The standard InChI is InChI=1S/C42H26N4/c1-3-8-27(9-4-1)31-18-22-43-39-35(31)14-16-37-33(20-24-45-41(37)39)29-12-7-13-30(26-29)34-21-25-46-42-38(34)17-15-36-32(19-23-44-40(36)42)28-10-5-2-6-11-28/h1-26H. The Balaban J connectivity index is 1.18. The average Bonchev–Trinajstić information content (AvgIpc) is 3.14. The third-order valence-electron chi connectivity index (χ3n) is 8.90. The van der Waals surface area contributed by atoms with Crippen LogP contribution < -0.4 is 0 Å². The number of rotatable bonds is 4. The van der Waals surface area contributed by atoms with Gasteiger partial charge < -0.3 is 0 Å². The van der Waals surface area contributed by atoms with E-state index in [2.05, 4.69) is 121 Å². The SMILES string of the molecule is c1ccc(-c2ccnc3c2ccc2c(-c4cccc(-c5ccnc6c5ccc5c(-c7ccccc7)ccnc56)c4)ccnc23)cc1. The topological polar surface area (TPSA) is 51.6 Å². The van der Waals surface area contributed by atoms with Gasteiger partial charge in [-0.2, -0.15) is 0 Å². The summed E-state index contributed by atoms with van der Waals surface area (Å²) in [5, 5.41) is 4.35. The molecule has 0 aliphatic heterocycles. The molecule has 214 valence electrons. The maximum absolute atomic E-state index is 4.83. The minimum atomic E-state index is 0.902. The largest absolute Gasteiger partial charge is 0.254 e. The summed E-state index contributed by atoms with van der Waals surface area (Å²) in [6, 6.07) is 46.7. The molecule has 0 atom stereocenters. The molecule has 0 N–H and O–H groups in total. The Hall–Kier alpha value is -6.26. The van der Waals surface area contributed by atoms with Crippen molar-refractivity contribution in [2.24, 2.45) is 0 Å². The van der Waals surface area contributed by atoms with Gasteiger partial charge in [-0.3, -0.25) is 19.9 Å². The van der Waals surface area contributed by atoms with Crippen molar-refractivity contribution in [3.8, 4) is 44.5 Å². The molecule has 46 heavy (non-hydrogen) atoms. The first-order chi connectivity index (χ1) is 22.8. The molecule has 0 radical (unpaired) electrons. The third-order valence-corrected chi connectivity index (χ3v) is 8.90. The van der Waals surface area contributed by atoms with Crippen LogP contribution in [0.4, 0.5) is 0 Å². The van der Waals surface area contributed by atoms with Gasteiger partial charge in [-0.15, -0.1) is 0 Å². The van der Waals surface area contributed by atoms with Gasteiger partial charge in [-0.05, 0) is 74.8 Å². The van der Waals surface area contributed by atoms with E-state index in [4.69, 9.17) is 19.9 Å². The predicted octanol–water partition coefficient (Wildman–Crippen LogP) is 10.5. The summed E-state index contributed by atoms with van der Waals surface area (Å²) in [6.07, 6.45) is 7.55. The van der Waals surface area contributed by atoms with E-state index in [-0.39, 0.29) is 0 Å². The van der Waals surface area contributed by atoms with Crippen LogP contribution in [0.5, 0.6) is 0 Å². The zero-order chi connectivity index (χ0) is 30.5. The second kappa shape index (κ2) is 10.7. The van der Waals surface area contributed by atoms with Crippen molar-refractivity contribution in [1.82, 2.24) is 19.9 Å². The Morgan fingerprint density at radius 2 is 0.565 bits per heavy atom. The van der Waals surface area contributed by atoms with Crippen LogP contribution >= 0.6 is 0 Å². The lowest BCUT2D eigenvalue weighted by molar-refractivity contribution is 1.37. The first-order valence-corrected chi connectivity index (χ1v) is 15.4. The molecular weight excluding hydrogens is 560 g/mol. The van der Waals surface area contributed by atoms with Gasteiger partial charge >= 0.3 is 0 Å². The van der Waals surface area contributed by atoms with Gasteiger partial charge in [-0.1, -0.05) is 103 Å². The van der Waals surface area contributed by atoms with Crippen molar-refractivity contribution in [3.05, 3.63) is 158 Å². The molecule has 4 nitrogen and oxygen atoms in total. The van der Waals surface area contributed by atoms with E-state index in [1.165, 1.54) is 11.1 Å². The monoisotopic (exact) mass is 586 g/mol. The van der Waals surface area contributed by atoms with Crippen LogP contribution in [0.3, 0.4) is 0 Å². The maximum Gasteiger partial charge on any atom is 0.0970 e. The quantitative estimate of drug-likeness (QED) is 0.193. The van der Waals surface area contributed by atoms with Crippen molar-refractivity contribution >= 4 is 43.6 Å². The third kappa shape index (κ3) is 4.23. The van der Waals surface area contributed by atoms with Crippen LogP contribution in [-0.2, 0) is 0 Å². The number of pyridine rings is 4. The average molecular weight is 587 g/mol. The fourth-order valence-electron chi connectivity index (χ4n) is 6.75. The van der Waals surface area contributed by atoms with Crippen molar-refractivity contribution < 1.29 is 0 Å². The maximum atomic E-state index is 4.83. The molecule has 4 aromatic heterocycles. The molecule has 0 aliphatic rings. The van der Waals surface area contributed by atoms with Gasteiger partial charge in [0.25, 0.3) is 0 Å². The normalized spacial score (nSPS) is 11.5. The number of fused-ring (bicyclic) bond motifs is 6.